The summed E-state index contributed by atoms with van der Waals surface area (Å²) in [6, 6.07) is 0.648. The Morgan fingerprint density at radius 1 is 1.15 bits per heavy atom. The minimum Gasteiger partial charge on any atom is -0.324 e. The summed E-state index contributed by atoms with van der Waals surface area (Å²) < 4.78 is 0. The largest absolute Gasteiger partial charge is 0.324 e. The SMILES string of the molecule is CC(C)C(N1CCCC1)C1(N)CC1. The minimum absolute atomic E-state index is 0.179. The van der Waals surface area contributed by atoms with Crippen LogP contribution < -0.4 is 5.73 Å². The topological polar surface area (TPSA) is 29.3 Å². The molecule has 1 heterocycles. The van der Waals surface area contributed by atoms with E-state index in [4.69, 9.17) is 5.73 Å². The third-order valence-corrected chi connectivity index (χ3v) is 3.58. The van der Waals surface area contributed by atoms with E-state index in [0.717, 1.165) is 0 Å². The summed E-state index contributed by atoms with van der Waals surface area (Å²) in [5, 5.41) is 0. The van der Waals surface area contributed by atoms with Crippen LogP contribution in [-0.2, 0) is 0 Å². The molecule has 0 aromatic heterocycles. The van der Waals surface area contributed by atoms with Gasteiger partial charge in [-0.1, -0.05) is 13.8 Å². The van der Waals surface area contributed by atoms with Gasteiger partial charge in [0.2, 0.25) is 0 Å². The van der Waals surface area contributed by atoms with Gasteiger partial charge >= 0.3 is 0 Å². The van der Waals surface area contributed by atoms with Gasteiger partial charge in [0.15, 0.2) is 0 Å². The fourth-order valence-electron chi connectivity index (χ4n) is 2.91. The molecule has 1 aliphatic heterocycles. The second kappa shape index (κ2) is 3.25. The molecule has 2 fully saturated rings. The molecule has 0 bridgehead atoms. The van der Waals surface area contributed by atoms with Crippen LogP contribution in [0.5, 0.6) is 0 Å². The van der Waals surface area contributed by atoms with Crippen molar-refractivity contribution in [2.45, 2.75) is 51.1 Å². The summed E-state index contributed by atoms with van der Waals surface area (Å²) in [5.74, 6) is 0.714. The van der Waals surface area contributed by atoms with Crippen LogP contribution in [0.3, 0.4) is 0 Å². The smallest absolute Gasteiger partial charge is 0.0316 e. The van der Waals surface area contributed by atoms with E-state index in [1.165, 1.54) is 38.8 Å². The molecule has 0 aromatic carbocycles. The number of nitrogens with zero attached hydrogens (tertiary/aromatic N) is 1. The van der Waals surface area contributed by atoms with Crippen LogP contribution in [-0.4, -0.2) is 29.6 Å². The number of rotatable bonds is 3. The van der Waals surface area contributed by atoms with Crippen LogP contribution in [0.2, 0.25) is 0 Å². The molecule has 2 heteroatoms. The van der Waals surface area contributed by atoms with Crippen molar-refractivity contribution in [3.05, 3.63) is 0 Å². The highest BCUT2D eigenvalue weighted by Crippen LogP contribution is 2.42. The highest BCUT2D eigenvalue weighted by Gasteiger charge is 2.49. The molecule has 1 saturated heterocycles. The first kappa shape index (κ1) is 9.47. The fraction of sp³-hybridized carbons (Fsp3) is 1.00. The van der Waals surface area contributed by atoms with Gasteiger partial charge in [-0.05, 0) is 44.7 Å². The molecule has 1 saturated carbocycles. The number of nitrogens with two attached hydrogens (primary N) is 1. The molecule has 2 rings (SSSR count). The number of likely N-dealkylation sites (tertiary alicyclic amines) is 1. The van der Waals surface area contributed by atoms with Crippen molar-refractivity contribution >= 4 is 0 Å². The predicted molar refractivity (Wildman–Crippen MR) is 55.6 cm³/mol. The summed E-state index contributed by atoms with van der Waals surface area (Å²) in [4.78, 5) is 2.62. The molecular weight excluding hydrogens is 160 g/mol. The van der Waals surface area contributed by atoms with E-state index >= 15 is 0 Å². The van der Waals surface area contributed by atoms with E-state index in [0.29, 0.717) is 12.0 Å². The Labute approximate surface area is 81.5 Å². The maximum Gasteiger partial charge on any atom is 0.0316 e. The molecule has 2 N–H and O–H groups in total. The molecule has 1 unspecified atom stereocenters. The Morgan fingerprint density at radius 2 is 1.69 bits per heavy atom. The van der Waals surface area contributed by atoms with E-state index in [1.807, 2.05) is 0 Å². The number of hydrogen-bond acceptors (Lipinski definition) is 2. The van der Waals surface area contributed by atoms with Crippen LogP contribution in [0.1, 0.15) is 39.5 Å². The van der Waals surface area contributed by atoms with Gasteiger partial charge in [0.25, 0.3) is 0 Å². The molecule has 2 aliphatic rings. The zero-order chi connectivity index (χ0) is 9.47. The summed E-state index contributed by atoms with van der Waals surface area (Å²) in [6.07, 6.45) is 5.23. The molecule has 76 valence electrons. The highest BCUT2D eigenvalue weighted by molar-refractivity contribution is 5.09. The van der Waals surface area contributed by atoms with Gasteiger partial charge in [0, 0.05) is 11.6 Å². The predicted octanol–water partition coefficient (Wildman–Crippen LogP) is 1.60. The molecule has 2 nitrogen and oxygen atoms in total. The van der Waals surface area contributed by atoms with Crippen molar-refractivity contribution in [3.63, 3.8) is 0 Å². The second-order valence-corrected chi connectivity index (χ2v) is 5.17. The normalized spacial score (nSPS) is 29.5. The van der Waals surface area contributed by atoms with E-state index in [2.05, 4.69) is 18.7 Å². The van der Waals surface area contributed by atoms with Gasteiger partial charge < -0.3 is 5.73 Å². The van der Waals surface area contributed by atoms with Crippen LogP contribution in [0, 0.1) is 5.92 Å². The van der Waals surface area contributed by atoms with Crippen LogP contribution in [0.15, 0.2) is 0 Å². The third-order valence-electron chi connectivity index (χ3n) is 3.58. The van der Waals surface area contributed by atoms with Gasteiger partial charge in [0.1, 0.15) is 0 Å². The lowest BCUT2D eigenvalue weighted by molar-refractivity contribution is 0.152. The van der Waals surface area contributed by atoms with Crippen molar-refractivity contribution in [2.24, 2.45) is 11.7 Å². The van der Waals surface area contributed by atoms with Crippen LogP contribution >= 0.6 is 0 Å². The van der Waals surface area contributed by atoms with Crippen LogP contribution in [0.4, 0.5) is 0 Å². The standard InChI is InChI=1S/C11H22N2/c1-9(2)10(11(12)5-6-11)13-7-3-4-8-13/h9-10H,3-8,12H2,1-2H3. The Kier molecular flexibility index (Phi) is 2.37. The molecule has 0 spiro atoms. The molecule has 13 heavy (non-hydrogen) atoms. The van der Waals surface area contributed by atoms with E-state index in [9.17, 15) is 0 Å². The Morgan fingerprint density at radius 3 is 2.08 bits per heavy atom. The monoisotopic (exact) mass is 182 g/mol. The average molecular weight is 182 g/mol. The molecule has 0 radical (unpaired) electrons. The van der Waals surface area contributed by atoms with Gasteiger partial charge in [-0.25, -0.2) is 0 Å². The van der Waals surface area contributed by atoms with Crippen molar-refractivity contribution in [3.8, 4) is 0 Å². The minimum atomic E-state index is 0.179. The third kappa shape index (κ3) is 1.75. The van der Waals surface area contributed by atoms with Gasteiger partial charge in [-0.15, -0.1) is 0 Å². The zero-order valence-corrected chi connectivity index (χ0v) is 8.92. The van der Waals surface area contributed by atoms with Crippen molar-refractivity contribution in [2.75, 3.05) is 13.1 Å². The molecule has 0 aromatic rings. The lowest BCUT2D eigenvalue weighted by Crippen LogP contribution is -2.51. The highest BCUT2D eigenvalue weighted by atomic mass is 15.2. The van der Waals surface area contributed by atoms with E-state index in [-0.39, 0.29) is 5.54 Å². The van der Waals surface area contributed by atoms with Crippen LogP contribution in [0.25, 0.3) is 0 Å². The van der Waals surface area contributed by atoms with Crippen molar-refractivity contribution in [1.29, 1.82) is 0 Å². The second-order valence-electron chi connectivity index (χ2n) is 5.17. The van der Waals surface area contributed by atoms with E-state index < -0.39 is 0 Å². The Balaban J connectivity index is 2.04. The number of hydrogen-bond donors (Lipinski definition) is 1. The molecular formula is C11H22N2. The van der Waals surface area contributed by atoms with Crippen molar-refractivity contribution < 1.29 is 0 Å². The first-order valence-electron chi connectivity index (χ1n) is 5.66. The lowest BCUT2D eigenvalue weighted by Gasteiger charge is -2.35. The average Bonchev–Trinajstić information content (AvgIpc) is 2.62. The lowest BCUT2D eigenvalue weighted by atomic mass is 9.93. The summed E-state index contributed by atoms with van der Waals surface area (Å²) in [7, 11) is 0. The Hall–Kier alpha value is -0.0800. The fourth-order valence-corrected chi connectivity index (χ4v) is 2.91. The molecule has 1 aliphatic carbocycles. The van der Waals surface area contributed by atoms with Crippen molar-refractivity contribution in [1.82, 2.24) is 4.90 Å². The zero-order valence-electron chi connectivity index (χ0n) is 8.92. The maximum atomic E-state index is 6.33. The summed E-state index contributed by atoms with van der Waals surface area (Å²) >= 11 is 0. The summed E-state index contributed by atoms with van der Waals surface area (Å²) in [6.45, 7) is 7.19. The summed E-state index contributed by atoms with van der Waals surface area (Å²) in [5.41, 5.74) is 6.51. The quantitative estimate of drug-likeness (QED) is 0.718. The molecule has 0 amide bonds. The van der Waals surface area contributed by atoms with Gasteiger partial charge in [0.05, 0.1) is 0 Å². The first-order chi connectivity index (χ1) is 6.13. The molecule has 1 atom stereocenters. The Bertz CT molecular complexity index is 179. The van der Waals surface area contributed by atoms with E-state index in [1.54, 1.807) is 0 Å². The van der Waals surface area contributed by atoms with Gasteiger partial charge in [-0.2, -0.15) is 0 Å². The first-order valence-corrected chi connectivity index (χ1v) is 5.66. The maximum absolute atomic E-state index is 6.33. The van der Waals surface area contributed by atoms with Gasteiger partial charge in [-0.3, -0.25) is 4.90 Å².